The SMILES string of the molecule is N#Cc1cc(F)cc(COc2cccc(CCl)c2)c1. The third-order valence-electron chi connectivity index (χ3n) is 2.54. The summed E-state index contributed by atoms with van der Waals surface area (Å²) in [5, 5.41) is 8.77. The normalized spacial score (nSPS) is 9.95. The second-order valence-corrected chi connectivity index (χ2v) is 4.30. The highest BCUT2D eigenvalue weighted by atomic mass is 35.5. The predicted octanol–water partition coefficient (Wildman–Crippen LogP) is 4.02. The van der Waals surface area contributed by atoms with Crippen LogP contribution in [0.4, 0.5) is 4.39 Å². The minimum absolute atomic E-state index is 0.207. The molecular formula is C15H11ClFNO. The number of halogens is 2. The lowest BCUT2D eigenvalue weighted by Gasteiger charge is -2.07. The van der Waals surface area contributed by atoms with Gasteiger partial charge in [-0.2, -0.15) is 5.26 Å². The van der Waals surface area contributed by atoms with E-state index in [0.717, 1.165) is 5.56 Å². The predicted molar refractivity (Wildman–Crippen MR) is 71.4 cm³/mol. The summed E-state index contributed by atoms with van der Waals surface area (Å²) in [6.45, 7) is 0.207. The first-order valence-corrected chi connectivity index (χ1v) is 6.22. The first-order valence-electron chi connectivity index (χ1n) is 5.68. The van der Waals surface area contributed by atoms with Gasteiger partial charge in [-0.25, -0.2) is 4.39 Å². The molecule has 0 bridgehead atoms. The lowest BCUT2D eigenvalue weighted by Crippen LogP contribution is -1.97. The van der Waals surface area contributed by atoms with Crippen molar-refractivity contribution in [2.75, 3.05) is 0 Å². The van der Waals surface area contributed by atoms with Gasteiger partial charge in [0, 0.05) is 5.88 Å². The summed E-state index contributed by atoms with van der Waals surface area (Å²) in [6, 6.07) is 13.4. The Morgan fingerprint density at radius 3 is 2.74 bits per heavy atom. The molecule has 0 aliphatic carbocycles. The van der Waals surface area contributed by atoms with Crippen molar-refractivity contribution < 1.29 is 9.13 Å². The molecule has 0 N–H and O–H groups in total. The summed E-state index contributed by atoms with van der Waals surface area (Å²) in [6.07, 6.45) is 0. The zero-order chi connectivity index (χ0) is 13.7. The Hall–Kier alpha value is -2.05. The smallest absolute Gasteiger partial charge is 0.124 e. The first kappa shape index (κ1) is 13.4. The van der Waals surface area contributed by atoms with Crippen molar-refractivity contribution in [3.63, 3.8) is 0 Å². The molecule has 2 aromatic carbocycles. The molecule has 2 nitrogen and oxygen atoms in total. The minimum atomic E-state index is -0.438. The minimum Gasteiger partial charge on any atom is -0.489 e. The Morgan fingerprint density at radius 1 is 1.16 bits per heavy atom. The van der Waals surface area contributed by atoms with Crippen molar-refractivity contribution in [2.45, 2.75) is 12.5 Å². The van der Waals surface area contributed by atoms with Gasteiger partial charge in [-0.3, -0.25) is 0 Å². The number of ether oxygens (including phenoxy) is 1. The van der Waals surface area contributed by atoms with Crippen LogP contribution in [0.15, 0.2) is 42.5 Å². The topological polar surface area (TPSA) is 33.0 Å². The molecule has 0 saturated heterocycles. The number of hydrogen-bond donors (Lipinski definition) is 0. The lowest BCUT2D eigenvalue weighted by molar-refractivity contribution is 0.305. The molecule has 0 fully saturated rings. The molecule has 2 aromatic rings. The molecule has 0 aliphatic rings. The van der Waals surface area contributed by atoms with E-state index < -0.39 is 5.82 Å². The molecule has 0 saturated carbocycles. The highest BCUT2D eigenvalue weighted by Gasteiger charge is 2.02. The summed E-state index contributed by atoms with van der Waals surface area (Å²) >= 11 is 5.74. The van der Waals surface area contributed by atoms with Crippen molar-refractivity contribution in [1.82, 2.24) is 0 Å². The van der Waals surface area contributed by atoms with Crippen LogP contribution in [0.2, 0.25) is 0 Å². The standard InChI is InChI=1S/C15H11ClFNO/c16-8-11-2-1-3-15(7-11)19-10-13-4-12(9-18)5-14(17)6-13/h1-7H,8,10H2. The molecule has 19 heavy (non-hydrogen) atoms. The fourth-order valence-electron chi connectivity index (χ4n) is 1.68. The molecule has 0 atom stereocenters. The van der Waals surface area contributed by atoms with Gasteiger partial charge in [-0.05, 0) is 41.5 Å². The number of benzene rings is 2. The molecule has 0 amide bonds. The summed E-state index contributed by atoms with van der Waals surface area (Å²) < 4.78 is 18.8. The second kappa shape index (κ2) is 6.21. The Morgan fingerprint density at radius 2 is 2.00 bits per heavy atom. The number of nitrogens with zero attached hydrogens (tertiary/aromatic N) is 1. The van der Waals surface area contributed by atoms with Crippen molar-refractivity contribution >= 4 is 11.6 Å². The van der Waals surface area contributed by atoms with Gasteiger partial charge in [0.1, 0.15) is 18.2 Å². The van der Waals surface area contributed by atoms with Crippen LogP contribution >= 0.6 is 11.6 Å². The average molecular weight is 276 g/mol. The van der Waals surface area contributed by atoms with E-state index in [1.807, 2.05) is 24.3 Å². The van der Waals surface area contributed by atoms with E-state index in [-0.39, 0.29) is 12.2 Å². The van der Waals surface area contributed by atoms with Gasteiger partial charge in [0.25, 0.3) is 0 Å². The number of hydrogen-bond acceptors (Lipinski definition) is 2. The van der Waals surface area contributed by atoms with Crippen LogP contribution in [0.1, 0.15) is 16.7 Å². The molecule has 0 unspecified atom stereocenters. The number of rotatable bonds is 4. The maximum atomic E-state index is 13.2. The Bertz CT molecular complexity index is 622. The third-order valence-corrected chi connectivity index (χ3v) is 2.85. The van der Waals surface area contributed by atoms with E-state index in [0.29, 0.717) is 17.2 Å². The fourth-order valence-corrected chi connectivity index (χ4v) is 1.85. The van der Waals surface area contributed by atoms with Crippen LogP contribution in [0.3, 0.4) is 0 Å². The van der Waals surface area contributed by atoms with Crippen molar-refractivity contribution in [3.05, 3.63) is 65.0 Å². The summed E-state index contributed by atoms with van der Waals surface area (Å²) in [5.41, 5.74) is 1.86. The molecule has 0 spiro atoms. The quantitative estimate of drug-likeness (QED) is 0.790. The van der Waals surface area contributed by atoms with Gasteiger partial charge < -0.3 is 4.74 Å². The zero-order valence-corrected chi connectivity index (χ0v) is 10.8. The molecule has 0 aliphatic heterocycles. The van der Waals surface area contributed by atoms with Crippen LogP contribution in [0.25, 0.3) is 0 Å². The monoisotopic (exact) mass is 275 g/mol. The third kappa shape index (κ3) is 3.70. The van der Waals surface area contributed by atoms with E-state index in [9.17, 15) is 4.39 Å². The Labute approximate surface area is 116 Å². The van der Waals surface area contributed by atoms with E-state index in [1.165, 1.54) is 12.1 Å². The average Bonchev–Trinajstić information content (AvgIpc) is 2.44. The number of nitriles is 1. The molecule has 0 heterocycles. The van der Waals surface area contributed by atoms with Crippen LogP contribution in [0, 0.1) is 17.1 Å². The van der Waals surface area contributed by atoms with Crippen LogP contribution < -0.4 is 4.74 Å². The van der Waals surface area contributed by atoms with Crippen molar-refractivity contribution in [1.29, 1.82) is 5.26 Å². The summed E-state index contributed by atoms with van der Waals surface area (Å²) in [7, 11) is 0. The summed E-state index contributed by atoms with van der Waals surface area (Å²) in [4.78, 5) is 0. The van der Waals surface area contributed by atoms with Crippen molar-refractivity contribution in [2.24, 2.45) is 0 Å². The maximum absolute atomic E-state index is 13.2. The van der Waals surface area contributed by atoms with Gasteiger partial charge >= 0.3 is 0 Å². The van der Waals surface area contributed by atoms with Gasteiger partial charge in [0.2, 0.25) is 0 Å². The van der Waals surface area contributed by atoms with Gasteiger partial charge in [-0.1, -0.05) is 12.1 Å². The molecule has 0 aromatic heterocycles. The van der Waals surface area contributed by atoms with E-state index in [4.69, 9.17) is 21.6 Å². The first-order chi connectivity index (χ1) is 9.21. The van der Waals surface area contributed by atoms with Gasteiger partial charge in [-0.15, -0.1) is 11.6 Å². The Kier molecular flexibility index (Phi) is 4.38. The maximum Gasteiger partial charge on any atom is 0.124 e. The second-order valence-electron chi connectivity index (χ2n) is 4.03. The molecule has 2 rings (SSSR count). The van der Waals surface area contributed by atoms with Crippen LogP contribution in [0.5, 0.6) is 5.75 Å². The van der Waals surface area contributed by atoms with Gasteiger partial charge in [0.15, 0.2) is 0 Å². The molecule has 4 heteroatoms. The van der Waals surface area contributed by atoms with E-state index in [1.54, 1.807) is 12.1 Å². The van der Waals surface area contributed by atoms with E-state index >= 15 is 0 Å². The summed E-state index contributed by atoms with van der Waals surface area (Å²) in [5.74, 6) is 0.642. The number of alkyl halides is 1. The molecule has 0 radical (unpaired) electrons. The zero-order valence-electron chi connectivity index (χ0n) is 10.1. The Balaban J connectivity index is 2.10. The van der Waals surface area contributed by atoms with Crippen LogP contribution in [-0.2, 0) is 12.5 Å². The molecule has 96 valence electrons. The fraction of sp³-hybridized carbons (Fsp3) is 0.133. The van der Waals surface area contributed by atoms with Gasteiger partial charge in [0.05, 0.1) is 11.6 Å². The van der Waals surface area contributed by atoms with Crippen molar-refractivity contribution in [3.8, 4) is 11.8 Å². The lowest BCUT2D eigenvalue weighted by atomic mass is 10.1. The largest absolute Gasteiger partial charge is 0.489 e. The highest BCUT2D eigenvalue weighted by Crippen LogP contribution is 2.17. The molecular weight excluding hydrogens is 265 g/mol. The van der Waals surface area contributed by atoms with E-state index in [2.05, 4.69) is 0 Å². The highest BCUT2D eigenvalue weighted by molar-refractivity contribution is 6.17. The van der Waals surface area contributed by atoms with Crippen LogP contribution in [-0.4, -0.2) is 0 Å².